The van der Waals surface area contributed by atoms with Gasteiger partial charge in [0.25, 0.3) is 0 Å². The average molecular weight is 341 g/mol. The molecule has 2 nitrogen and oxygen atoms in total. The maximum atomic E-state index is 2.67. The number of piperazine rings is 1. The molecule has 1 aromatic rings. The van der Waals surface area contributed by atoms with Crippen LogP contribution in [0.3, 0.4) is 0 Å². The zero-order chi connectivity index (χ0) is 17.5. The first-order chi connectivity index (χ1) is 12.3. The monoisotopic (exact) mass is 340 g/mol. The van der Waals surface area contributed by atoms with Crippen molar-refractivity contribution in [2.45, 2.75) is 58.8 Å². The van der Waals surface area contributed by atoms with Crippen LogP contribution >= 0.6 is 0 Å². The molecule has 0 saturated carbocycles. The van der Waals surface area contributed by atoms with Crippen molar-refractivity contribution in [3.8, 4) is 0 Å². The molecule has 1 unspecified atom stereocenters. The fourth-order valence-electron chi connectivity index (χ4n) is 4.50. The van der Waals surface area contributed by atoms with E-state index >= 15 is 0 Å². The van der Waals surface area contributed by atoms with Crippen molar-refractivity contribution in [3.05, 3.63) is 41.5 Å². The summed E-state index contributed by atoms with van der Waals surface area (Å²) in [6.45, 7) is 10.6. The Bertz CT molecular complexity index is 555. The Morgan fingerprint density at radius 3 is 2.68 bits per heavy atom. The molecule has 0 amide bonds. The van der Waals surface area contributed by atoms with E-state index in [0.29, 0.717) is 0 Å². The minimum Gasteiger partial charge on any atom is -0.369 e. The molecule has 0 bridgehead atoms. The molecule has 1 saturated heterocycles. The Morgan fingerprint density at radius 1 is 1.08 bits per heavy atom. The third-order valence-electron chi connectivity index (χ3n) is 6.11. The van der Waals surface area contributed by atoms with Crippen LogP contribution in [0.4, 0.5) is 5.69 Å². The van der Waals surface area contributed by atoms with Gasteiger partial charge >= 0.3 is 0 Å². The van der Waals surface area contributed by atoms with Gasteiger partial charge in [-0.25, -0.2) is 0 Å². The highest BCUT2D eigenvalue weighted by molar-refractivity contribution is 5.48. The summed E-state index contributed by atoms with van der Waals surface area (Å²) in [5, 5.41) is 0. The molecule has 3 rings (SSSR count). The van der Waals surface area contributed by atoms with Crippen molar-refractivity contribution < 1.29 is 0 Å². The van der Waals surface area contributed by atoms with Gasteiger partial charge in [-0.1, -0.05) is 30.7 Å². The lowest BCUT2D eigenvalue weighted by atomic mass is 9.83. The largest absolute Gasteiger partial charge is 0.369 e. The number of hydrogen-bond acceptors (Lipinski definition) is 2. The van der Waals surface area contributed by atoms with Gasteiger partial charge in [-0.15, -0.1) is 0 Å². The molecule has 2 heteroatoms. The highest BCUT2D eigenvalue weighted by atomic mass is 15.3. The molecular weight excluding hydrogens is 304 g/mol. The molecule has 1 heterocycles. The van der Waals surface area contributed by atoms with Crippen molar-refractivity contribution in [2.24, 2.45) is 5.92 Å². The van der Waals surface area contributed by atoms with Crippen molar-refractivity contribution >= 4 is 5.69 Å². The summed E-state index contributed by atoms with van der Waals surface area (Å²) in [5.74, 6) is 0.895. The third-order valence-corrected chi connectivity index (χ3v) is 6.11. The van der Waals surface area contributed by atoms with Crippen LogP contribution in [0.25, 0.3) is 0 Å². The predicted molar refractivity (Wildman–Crippen MR) is 109 cm³/mol. The molecule has 0 spiro atoms. The van der Waals surface area contributed by atoms with Crippen LogP contribution < -0.4 is 4.90 Å². The van der Waals surface area contributed by atoms with Gasteiger partial charge in [-0.2, -0.15) is 0 Å². The number of rotatable bonds is 7. The Balaban J connectivity index is 1.35. The fourth-order valence-corrected chi connectivity index (χ4v) is 4.50. The van der Waals surface area contributed by atoms with Crippen LogP contribution in [0.2, 0.25) is 0 Å². The predicted octanol–water partition coefficient (Wildman–Crippen LogP) is 5.42. The lowest BCUT2D eigenvalue weighted by molar-refractivity contribution is 0.252. The summed E-state index contributed by atoms with van der Waals surface area (Å²) in [6.07, 6.45) is 12.1. The molecule has 1 fully saturated rings. The Hall–Kier alpha value is -1.28. The van der Waals surface area contributed by atoms with Crippen molar-refractivity contribution in [1.82, 2.24) is 4.90 Å². The second kappa shape index (κ2) is 9.43. The normalized spacial score (nSPS) is 22.1. The number of hydrogen-bond donors (Lipinski definition) is 0. The van der Waals surface area contributed by atoms with E-state index in [-0.39, 0.29) is 0 Å². The van der Waals surface area contributed by atoms with E-state index in [4.69, 9.17) is 0 Å². The van der Waals surface area contributed by atoms with E-state index in [9.17, 15) is 0 Å². The van der Waals surface area contributed by atoms with E-state index in [1.165, 1.54) is 88.9 Å². The number of aryl methyl sites for hydroxylation is 1. The topological polar surface area (TPSA) is 6.48 Å². The minimum atomic E-state index is 0.895. The van der Waals surface area contributed by atoms with Crippen molar-refractivity contribution in [2.75, 3.05) is 37.6 Å². The molecule has 0 aromatic heterocycles. The standard InChI is InChI=1S/C23H36N2/c1-3-21-10-4-5-11-22(21)12-6-7-14-24-15-17-25(18-16-24)23-13-8-9-20(2)19-23/h8-9,11,13,19,21H,3-7,10,12,14-18H2,1-2H3. The average Bonchev–Trinajstić information content (AvgIpc) is 2.66. The van der Waals surface area contributed by atoms with Gasteiger partial charge in [0.05, 0.1) is 0 Å². The summed E-state index contributed by atoms with van der Waals surface area (Å²) in [6, 6.07) is 8.94. The lowest BCUT2D eigenvalue weighted by Gasteiger charge is -2.36. The molecule has 1 aliphatic carbocycles. The summed E-state index contributed by atoms with van der Waals surface area (Å²) in [4.78, 5) is 5.21. The second-order valence-electron chi connectivity index (χ2n) is 7.94. The minimum absolute atomic E-state index is 0.895. The van der Waals surface area contributed by atoms with Crippen LogP contribution in [0.15, 0.2) is 35.9 Å². The molecule has 25 heavy (non-hydrogen) atoms. The number of unbranched alkanes of at least 4 members (excludes halogenated alkanes) is 1. The molecule has 1 aliphatic heterocycles. The van der Waals surface area contributed by atoms with Crippen LogP contribution in [0.1, 0.15) is 57.4 Å². The Morgan fingerprint density at radius 2 is 1.92 bits per heavy atom. The van der Waals surface area contributed by atoms with E-state index in [1.807, 2.05) is 0 Å². The number of anilines is 1. The maximum Gasteiger partial charge on any atom is 0.0369 e. The number of allylic oxidation sites excluding steroid dienone is 2. The van der Waals surface area contributed by atoms with Gasteiger partial charge in [0.15, 0.2) is 0 Å². The molecule has 2 aliphatic rings. The van der Waals surface area contributed by atoms with E-state index in [2.05, 4.69) is 54.0 Å². The molecule has 1 atom stereocenters. The first kappa shape index (κ1) is 18.5. The van der Waals surface area contributed by atoms with Crippen LogP contribution in [-0.4, -0.2) is 37.6 Å². The first-order valence-electron chi connectivity index (χ1n) is 10.5. The molecular formula is C23H36N2. The molecule has 0 N–H and O–H groups in total. The lowest BCUT2D eigenvalue weighted by Crippen LogP contribution is -2.46. The quantitative estimate of drug-likeness (QED) is 0.483. The second-order valence-corrected chi connectivity index (χ2v) is 7.94. The fraction of sp³-hybridized carbons (Fsp3) is 0.652. The zero-order valence-corrected chi connectivity index (χ0v) is 16.3. The molecule has 0 radical (unpaired) electrons. The smallest absolute Gasteiger partial charge is 0.0369 e. The van der Waals surface area contributed by atoms with E-state index in [1.54, 1.807) is 5.57 Å². The SMILES string of the molecule is CCC1CCCC=C1CCCCN1CCN(c2cccc(C)c2)CC1. The number of nitrogens with zero attached hydrogens (tertiary/aromatic N) is 2. The van der Waals surface area contributed by atoms with Gasteiger partial charge < -0.3 is 4.90 Å². The van der Waals surface area contributed by atoms with Gasteiger partial charge in [0, 0.05) is 31.9 Å². The van der Waals surface area contributed by atoms with Crippen molar-refractivity contribution in [3.63, 3.8) is 0 Å². The highest BCUT2D eigenvalue weighted by Gasteiger charge is 2.18. The Labute approximate surface area is 154 Å². The zero-order valence-electron chi connectivity index (χ0n) is 16.3. The summed E-state index contributed by atoms with van der Waals surface area (Å²) < 4.78 is 0. The van der Waals surface area contributed by atoms with E-state index in [0.717, 1.165) is 5.92 Å². The Kier molecular flexibility index (Phi) is 6.98. The van der Waals surface area contributed by atoms with Gasteiger partial charge in [-0.3, -0.25) is 4.90 Å². The highest BCUT2D eigenvalue weighted by Crippen LogP contribution is 2.30. The van der Waals surface area contributed by atoms with Crippen molar-refractivity contribution in [1.29, 1.82) is 0 Å². The maximum absolute atomic E-state index is 2.67. The van der Waals surface area contributed by atoms with Crippen LogP contribution in [0.5, 0.6) is 0 Å². The molecule has 138 valence electrons. The van der Waals surface area contributed by atoms with Crippen LogP contribution in [0, 0.1) is 12.8 Å². The van der Waals surface area contributed by atoms with Gasteiger partial charge in [0.2, 0.25) is 0 Å². The van der Waals surface area contributed by atoms with Gasteiger partial charge in [0.1, 0.15) is 0 Å². The van der Waals surface area contributed by atoms with Crippen LogP contribution in [-0.2, 0) is 0 Å². The first-order valence-corrected chi connectivity index (χ1v) is 10.5. The summed E-state index contributed by atoms with van der Waals surface area (Å²) in [7, 11) is 0. The van der Waals surface area contributed by atoms with E-state index < -0.39 is 0 Å². The summed E-state index contributed by atoms with van der Waals surface area (Å²) in [5.41, 5.74) is 4.54. The third kappa shape index (κ3) is 5.34. The summed E-state index contributed by atoms with van der Waals surface area (Å²) >= 11 is 0. The van der Waals surface area contributed by atoms with Gasteiger partial charge in [-0.05, 0) is 82.0 Å². The molecule has 1 aromatic carbocycles. The number of benzene rings is 1.